The summed E-state index contributed by atoms with van der Waals surface area (Å²) < 4.78 is 25.3. The van der Waals surface area contributed by atoms with Crippen LogP contribution in [0.3, 0.4) is 0 Å². The number of nitrogens with zero attached hydrogens (tertiary/aromatic N) is 1. The van der Waals surface area contributed by atoms with E-state index >= 15 is 0 Å². The molecule has 2 unspecified atom stereocenters. The summed E-state index contributed by atoms with van der Waals surface area (Å²) in [6, 6.07) is 6.60. The maximum absolute atomic E-state index is 11.9. The minimum Gasteiger partial charge on any atom is -0.314 e. The quantitative estimate of drug-likeness (QED) is 0.903. The fourth-order valence-corrected chi connectivity index (χ4v) is 4.33. The Labute approximate surface area is 122 Å². The topological polar surface area (TPSA) is 49.4 Å². The largest absolute Gasteiger partial charge is 0.314 e. The second-order valence-electron chi connectivity index (χ2n) is 5.74. The molecule has 1 heterocycles. The van der Waals surface area contributed by atoms with Gasteiger partial charge in [-0.15, -0.1) is 0 Å². The number of hydrogen-bond donors (Lipinski definition) is 1. The van der Waals surface area contributed by atoms with Crippen molar-refractivity contribution in [1.82, 2.24) is 5.32 Å². The van der Waals surface area contributed by atoms with Crippen LogP contribution in [0.15, 0.2) is 18.2 Å². The molecule has 0 fully saturated rings. The molecule has 5 heteroatoms. The van der Waals surface area contributed by atoms with Crippen LogP contribution in [0.5, 0.6) is 0 Å². The number of rotatable bonds is 5. The molecule has 0 amide bonds. The monoisotopic (exact) mass is 296 g/mol. The van der Waals surface area contributed by atoms with E-state index in [9.17, 15) is 8.42 Å². The zero-order chi connectivity index (χ0) is 14.9. The molecule has 0 spiro atoms. The molecular formula is C15H24N2O2S. The van der Waals surface area contributed by atoms with E-state index < -0.39 is 10.0 Å². The van der Waals surface area contributed by atoms with Crippen LogP contribution < -0.4 is 9.62 Å². The zero-order valence-corrected chi connectivity index (χ0v) is 13.5. The maximum Gasteiger partial charge on any atom is 0.232 e. The summed E-state index contributed by atoms with van der Waals surface area (Å²) in [6.07, 6.45) is 3.04. The first-order valence-electron chi connectivity index (χ1n) is 7.17. The molecule has 1 aliphatic heterocycles. The number of nitrogens with one attached hydrogen (secondary N) is 1. The van der Waals surface area contributed by atoms with Crippen LogP contribution in [-0.4, -0.2) is 33.3 Å². The lowest BCUT2D eigenvalue weighted by molar-refractivity contribution is 0.565. The zero-order valence-electron chi connectivity index (χ0n) is 12.7. The lowest BCUT2D eigenvalue weighted by Gasteiger charge is -2.22. The van der Waals surface area contributed by atoms with Gasteiger partial charge in [0.15, 0.2) is 0 Å². The summed E-state index contributed by atoms with van der Waals surface area (Å²) >= 11 is 0. The van der Waals surface area contributed by atoms with Gasteiger partial charge in [0.05, 0.1) is 11.9 Å². The Hall–Kier alpha value is -1.07. The number of anilines is 1. The van der Waals surface area contributed by atoms with Gasteiger partial charge in [-0.1, -0.05) is 19.1 Å². The third kappa shape index (κ3) is 3.15. The van der Waals surface area contributed by atoms with E-state index in [1.807, 2.05) is 19.1 Å². The Morgan fingerprint density at radius 1 is 1.45 bits per heavy atom. The molecule has 4 nitrogen and oxygen atoms in total. The van der Waals surface area contributed by atoms with Crippen molar-refractivity contribution in [2.24, 2.45) is 0 Å². The molecular weight excluding hydrogens is 272 g/mol. The smallest absolute Gasteiger partial charge is 0.232 e. The van der Waals surface area contributed by atoms with E-state index in [-0.39, 0.29) is 6.04 Å². The molecule has 0 saturated carbocycles. The minimum atomic E-state index is -3.19. The van der Waals surface area contributed by atoms with E-state index in [1.54, 1.807) is 4.31 Å². The van der Waals surface area contributed by atoms with Gasteiger partial charge in [-0.2, -0.15) is 0 Å². The first kappa shape index (κ1) is 15.3. The molecule has 1 aliphatic rings. The Morgan fingerprint density at radius 2 is 2.15 bits per heavy atom. The highest BCUT2D eigenvalue weighted by Crippen LogP contribution is 2.34. The fraction of sp³-hybridized carbons (Fsp3) is 0.600. The first-order chi connectivity index (χ1) is 9.32. The summed E-state index contributed by atoms with van der Waals surface area (Å²) in [4.78, 5) is 0. The van der Waals surface area contributed by atoms with Crippen molar-refractivity contribution in [3.63, 3.8) is 0 Å². The van der Waals surface area contributed by atoms with Gasteiger partial charge < -0.3 is 5.32 Å². The van der Waals surface area contributed by atoms with Crippen molar-refractivity contribution >= 4 is 15.7 Å². The second-order valence-corrected chi connectivity index (χ2v) is 7.60. The van der Waals surface area contributed by atoms with Crippen LogP contribution in [0.2, 0.25) is 0 Å². The molecule has 20 heavy (non-hydrogen) atoms. The molecule has 1 aromatic rings. The van der Waals surface area contributed by atoms with Crippen molar-refractivity contribution in [3.8, 4) is 0 Å². The SMILES string of the molecule is CCNC(C)Cc1ccc2c(c1)CC(C)N2S(C)(=O)=O. The first-order valence-corrected chi connectivity index (χ1v) is 9.02. The lowest BCUT2D eigenvalue weighted by atomic mass is 10.0. The van der Waals surface area contributed by atoms with Gasteiger partial charge in [-0.25, -0.2) is 8.42 Å². The van der Waals surface area contributed by atoms with Crippen LogP contribution >= 0.6 is 0 Å². The van der Waals surface area contributed by atoms with E-state index in [0.29, 0.717) is 6.04 Å². The minimum absolute atomic E-state index is 0.0152. The normalized spacial score (nSPS) is 20.0. The Bertz CT molecular complexity index is 584. The average molecular weight is 296 g/mol. The second kappa shape index (κ2) is 5.74. The van der Waals surface area contributed by atoms with Gasteiger partial charge in [-0.05, 0) is 50.4 Å². The highest BCUT2D eigenvalue weighted by Gasteiger charge is 2.32. The summed E-state index contributed by atoms with van der Waals surface area (Å²) in [6.45, 7) is 7.19. The van der Waals surface area contributed by atoms with Crippen molar-refractivity contribution in [3.05, 3.63) is 29.3 Å². The predicted octanol–water partition coefficient (Wildman–Crippen LogP) is 1.94. The number of benzene rings is 1. The van der Waals surface area contributed by atoms with Crippen molar-refractivity contribution in [2.75, 3.05) is 17.1 Å². The van der Waals surface area contributed by atoms with Crippen LogP contribution in [0, 0.1) is 0 Å². The van der Waals surface area contributed by atoms with Gasteiger partial charge in [0.1, 0.15) is 0 Å². The third-order valence-corrected chi connectivity index (χ3v) is 5.02. The number of sulfonamides is 1. The Morgan fingerprint density at radius 3 is 2.75 bits per heavy atom. The molecule has 2 atom stereocenters. The van der Waals surface area contributed by atoms with Crippen LogP contribution in [0.25, 0.3) is 0 Å². The molecule has 112 valence electrons. The summed E-state index contributed by atoms with van der Waals surface area (Å²) in [5.74, 6) is 0. The van der Waals surface area contributed by atoms with Gasteiger partial charge >= 0.3 is 0 Å². The van der Waals surface area contributed by atoms with E-state index in [4.69, 9.17) is 0 Å². The van der Waals surface area contributed by atoms with Gasteiger partial charge in [0, 0.05) is 12.1 Å². The van der Waals surface area contributed by atoms with Crippen molar-refractivity contribution in [2.45, 2.75) is 45.7 Å². The molecule has 2 rings (SSSR count). The summed E-state index contributed by atoms with van der Waals surface area (Å²) in [5.41, 5.74) is 3.25. The molecule has 1 N–H and O–H groups in total. The van der Waals surface area contributed by atoms with Crippen LogP contribution in [0.1, 0.15) is 31.9 Å². The maximum atomic E-state index is 11.9. The number of fused-ring (bicyclic) bond motifs is 1. The molecule has 0 aliphatic carbocycles. The summed E-state index contributed by atoms with van der Waals surface area (Å²) in [5, 5.41) is 3.40. The Kier molecular flexibility index (Phi) is 4.39. The molecule has 1 aromatic carbocycles. The molecule has 0 radical (unpaired) electrons. The van der Waals surface area contributed by atoms with Crippen LogP contribution in [0.4, 0.5) is 5.69 Å². The lowest BCUT2D eigenvalue weighted by Crippen LogP contribution is -2.34. The van der Waals surface area contributed by atoms with E-state index in [2.05, 4.69) is 25.2 Å². The highest BCUT2D eigenvalue weighted by molar-refractivity contribution is 7.92. The van der Waals surface area contributed by atoms with E-state index in [0.717, 1.165) is 30.6 Å². The van der Waals surface area contributed by atoms with Gasteiger partial charge in [-0.3, -0.25) is 4.31 Å². The van der Waals surface area contributed by atoms with Crippen molar-refractivity contribution < 1.29 is 8.42 Å². The predicted molar refractivity (Wildman–Crippen MR) is 83.8 cm³/mol. The highest BCUT2D eigenvalue weighted by atomic mass is 32.2. The van der Waals surface area contributed by atoms with Crippen molar-refractivity contribution in [1.29, 1.82) is 0 Å². The third-order valence-electron chi connectivity index (χ3n) is 3.75. The fourth-order valence-electron chi connectivity index (χ4n) is 3.06. The number of likely N-dealkylation sites (N-methyl/N-ethyl adjacent to an activating group) is 1. The number of hydrogen-bond acceptors (Lipinski definition) is 3. The van der Waals surface area contributed by atoms with Gasteiger partial charge in [0.25, 0.3) is 0 Å². The summed E-state index contributed by atoms with van der Waals surface area (Å²) in [7, 11) is -3.19. The Balaban J connectivity index is 2.25. The standard InChI is InChI=1S/C15H24N2O2S/c1-5-16-11(2)8-13-6-7-15-14(10-13)9-12(3)17(15)20(4,18)19/h6-7,10-12,16H,5,8-9H2,1-4H3. The van der Waals surface area contributed by atoms with Gasteiger partial charge in [0.2, 0.25) is 10.0 Å². The molecule has 0 saturated heterocycles. The van der Waals surface area contributed by atoms with Crippen LogP contribution in [-0.2, 0) is 22.9 Å². The average Bonchev–Trinajstić information content (AvgIpc) is 2.63. The van der Waals surface area contributed by atoms with E-state index in [1.165, 1.54) is 11.8 Å². The molecule has 0 aromatic heterocycles. The molecule has 0 bridgehead atoms.